The highest BCUT2D eigenvalue weighted by atomic mass is 79.9. The summed E-state index contributed by atoms with van der Waals surface area (Å²) in [4.78, 5) is 12.1. The predicted octanol–water partition coefficient (Wildman–Crippen LogP) is 4.09. The summed E-state index contributed by atoms with van der Waals surface area (Å²) in [6.45, 7) is 0.508. The van der Waals surface area contributed by atoms with Crippen LogP contribution in [0.2, 0.25) is 0 Å². The minimum absolute atomic E-state index is 0.196. The van der Waals surface area contributed by atoms with E-state index in [2.05, 4.69) is 26.3 Å². The van der Waals surface area contributed by atoms with Gasteiger partial charge in [-0.1, -0.05) is 28.1 Å². The molecule has 3 rings (SSSR count). The minimum Gasteiger partial charge on any atom is -0.319 e. The van der Waals surface area contributed by atoms with Crippen molar-refractivity contribution < 1.29 is 9.18 Å². The van der Waals surface area contributed by atoms with E-state index in [1.165, 1.54) is 12.1 Å². The molecule has 1 heterocycles. The molecule has 0 unspecified atom stereocenters. The maximum absolute atomic E-state index is 12.9. The molecule has 0 spiro atoms. The SMILES string of the molecule is O=C(Nc1cnn(Cc2ccc(F)cc2)c1)c1ccc(Br)cc1. The lowest BCUT2D eigenvalue weighted by Gasteiger charge is -2.03. The zero-order valence-corrected chi connectivity index (χ0v) is 13.6. The van der Waals surface area contributed by atoms with Crippen molar-refractivity contribution in [1.82, 2.24) is 9.78 Å². The molecule has 0 bridgehead atoms. The number of benzene rings is 2. The van der Waals surface area contributed by atoms with Gasteiger partial charge < -0.3 is 5.32 Å². The third-order valence-electron chi connectivity index (χ3n) is 3.26. The standard InChI is InChI=1S/C17H13BrFN3O/c18-14-5-3-13(4-6-14)17(23)21-16-9-20-22(11-16)10-12-1-7-15(19)8-2-12/h1-9,11H,10H2,(H,21,23). The molecule has 0 aliphatic rings. The molecule has 1 aromatic heterocycles. The van der Waals surface area contributed by atoms with Crippen molar-refractivity contribution in [1.29, 1.82) is 0 Å². The zero-order chi connectivity index (χ0) is 16.2. The monoisotopic (exact) mass is 373 g/mol. The number of nitrogens with zero attached hydrogens (tertiary/aromatic N) is 2. The second-order valence-corrected chi connectivity index (χ2v) is 5.93. The lowest BCUT2D eigenvalue weighted by molar-refractivity contribution is 0.102. The van der Waals surface area contributed by atoms with Crippen molar-refractivity contribution in [3.63, 3.8) is 0 Å². The first-order chi connectivity index (χ1) is 11.1. The van der Waals surface area contributed by atoms with E-state index in [9.17, 15) is 9.18 Å². The first-order valence-electron chi connectivity index (χ1n) is 6.94. The molecular weight excluding hydrogens is 361 g/mol. The molecule has 0 saturated carbocycles. The van der Waals surface area contributed by atoms with Crippen LogP contribution in [0.25, 0.3) is 0 Å². The van der Waals surface area contributed by atoms with Crippen molar-refractivity contribution in [2.75, 3.05) is 5.32 Å². The van der Waals surface area contributed by atoms with Gasteiger partial charge >= 0.3 is 0 Å². The summed E-state index contributed by atoms with van der Waals surface area (Å²) in [6.07, 6.45) is 3.32. The molecule has 1 amide bonds. The van der Waals surface area contributed by atoms with E-state index in [1.54, 1.807) is 41.3 Å². The summed E-state index contributed by atoms with van der Waals surface area (Å²) in [5.41, 5.74) is 2.11. The average molecular weight is 374 g/mol. The summed E-state index contributed by atoms with van der Waals surface area (Å²) >= 11 is 3.33. The number of carbonyl (C=O) groups excluding carboxylic acids is 1. The number of rotatable bonds is 4. The number of nitrogens with one attached hydrogen (secondary N) is 1. The van der Waals surface area contributed by atoms with Gasteiger partial charge in [-0.15, -0.1) is 0 Å². The summed E-state index contributed by atoms with van der Waals surface area (Å²) in [5, 5.41) is 6.99. The molecule has 3 aromatic rings. The van der Waals surface area contributed by atoms with Crippen LogP contribution in [-0.2, 0) is 6.54 Å². The second-order valence-electron chi connectivity index (χ2n) is 5.01. The van der Waals surface area contributed by atoms with Crippen molar-refractivity contribution in [3.8, 4) is 0 Å². The van der Waals surface area contributed by atoms with Gasteiger partial charge in [-0.3, -0.25) is 9.48 Å². The number of hydrogen-bond acceptors (Lipinski definition) is 2. The average Bonchev–Trinajstić information content (AvgIpc) is 2.97. The number of anilines is 1. The number of amides is 1. The molecule has 0 atom stereocenters. The van der Waals surface area contributed by atoms with Crippen LogP contribution in [0, 0.1) is 5.82 Å². The highest BCUT2D eigenvalue weighted by Crippen LogP contribution is 2.13. The molecule has 0 radical (unpaired) electrons. The Kier molecular flexibility index (Phi) is 4.52. The lowest BCUT2D eigenvalue weighted by Crippen LogP contribution is -2.11. The summed E-state index contributed by atoms with van der Waals surface area (Å²) < 4.78 is 15.5. The number of halogens is 2. The maximum atomic E-state index is 12.9. The Bertz CT molecular complexity index is 813. The molecule has 0 saturated heterocycles. The largest absolute Gasteiger partial charge is 0.319 e. The number of hydrogen-bond donors (Lipinski definition) is 1. The topological polar surface area (TPSA) is 46.9 Å². The Morgan fingerprint density at radius 1 is 1.13 bits per heavy atom. The number of carbonyl (C=O) groups is 1. The summed E-state index contributed by atoms with van der Waals surface area (Å²) in [5.74, 6) is -0.463. The quantitative estimate of drug-likeness (QED) is 0.748. The van der Waals surface area contributed by atoms with Crippen LogP contribution >= 0.6 is 15.9 Å². The molecule has 0 fully saturated rings. The third kappa shape index (κ3) is 4.04. The fraction of sp³-hybridized carbons (Fsp3) is 0.0588. The molecule has 6 heteroatoms. The zero-order valence-electron chi connectivity index (χ0n) is 12.0. The normalized spacial score (nSPS) is 10.5. The minimum atomic E-state index is -0.267. The van der Waals surface area contributed by atoms with Crippen molar-refractivity contribution in [2.45, 2.75) is 6.54 Å². The number of aromatic nitrogens is 2. The van der Waals surface area contributed by atoms with Gasteiger partial charge in [0, 0.05) is 16.2 Å². The summed E-state index contributed by atoms with van der Waals surface area (Å²) in [7, 11) is 0. The second kappa shape index (κ2) is 6.75. The Morgan fingerprint density at radius 3 is 2.52 bits per heavy atom. The first-order valence-corrected chi connectivity index (χ1v) is 7.73. The van der Waals surface area contributed by atoms with Crippen molar-refractivity contribution >= 4 is 27.5 Å². The molecular formula is C17H13BrFN3O. The van der Waals surface area contributed by atoms with E-state index in [1.807, 2.05) is 12.1 Å². The maximum Gasteiger partial charge on any atom is 0.255 e. The van der Waals surface area contributed by atoms with Crippen LogP contribution in [0.15, 0.2) is 65.4 Å². The highest BCUT2D eigenvalue weighted by Gasteiger charge is 2.07. The van der Waals surface area contributed by atoms with Crippen LogP contribution in [0.4, 0.5) is 10.1 Å². The Labute approximate surface area is 141 Å². The van der Waals surface area contributed by atoms with Gasteiger partial charge in [0.05, 0.1) is 18.4 Å². The van der Waals surface area contributed by atoms with E-state index >= 15 is 0 Å². The molecule has 0 aliphatic heterocycles. The fourth-order valence-electron chi connectivity index (χ4n) is 2.10. The molecule has 2 aromatic carbocycles. The smallest absolute Gasteiger partial charge is 0.255 e. The fourth-order valence-corrected chi connectivity index (χ4v) is 2.36. The first kappa shape index (κ1) is 15.4. The van der Waals surface area contributed by atoms with Gasteiger partial charge in [0.15, 0.2) is 0 Å². The van der Waals surface area contributed by atoms with E-state index in [0.29, 0.717) is 17.8 Å². The van der Waals surface area contributed by atoms with Gasteiger partial charge in [0.2, 0.25) is 0 Å². The van der Waals surface area contributed by atoms with Gasteiger partial charge in [-0.05, 0) is 42.0 Å². The molecule has 0 aliphatic carbocycles. The van der Waals surface area contributed by atoms with Gasteiger partial charge in [-0.2, -0.15) is 5.10 Å². The van der Waals surface area contributed by atoms with Crippen LogP contribution in [0.1, 0.15) is 15.9 Å². The Hall–Kier alpha value is -2.47. The van der Waals surface area contributed by atoms with Gasteiger partial charge in [0.1, 0.15) is 5.82 Å². The predicted molar refractivity (Wildman–Crippen MR) is 89.8 cm³/mol. The third-order valence-corrected chi connectivity index (χ3v) is 3.78. The van der Waals surface area contributed by atoms with Crippen LogP contribution in [0.3, 0.4) is 0 Å². The molecule has 116 valence electrons. The van der Waals surface area contributed by atoms with Crippen molar-refractivity contribution in [3.05, 3.63) is 82.3 Å². The molecule has 1 N–H and O–H groups in total. The summed E-state index contributed by atoms with van der Waals surface area (Å²) in [6, 6.07) is 13.3. The van der Waals surface area contributed by atoms with Gasteiger partial charge in [0.25, 0.3) is 5.91 Å². The lowest BCUT2D eigenvalue weighted by atomic mass is 10.2. The highest BCUT2D eigenvalue weighted by molar-refractivity contribution is 9.10. The van der Waals surface area contributed by atoms with E-state index < -0.39 is 0 Å². The van der Waals surface area contributed by atoms with E-state index in [4.69, 9.17) is 0 Å². The molecule has 23 heavy (non-hydrogen) atoms. The molecule has 4 nitrogen and oxygen atoms in total. The Balaban J connectivity index is 1.66. The van der Waals surface area contributed by atoms with Gasteiger partial charge in [-0.25, -0.2) is 4.39 Å². The van der Waals surface area contributed by atoms with E-state index in [0.717, 1.165) is 10.0 Å². The Morgan fingerprint density at radius 2 is 1.83 bits per heavy atom. The van der Waals surface area contributed by atoms with Crippen LogP contribution < -0.4 is 5.32 Å². The van der Waals surface area contributed by atoms with E-state index in [-0.39, 0.29) is 11.7 Å². The van der Waals surface area contributed by atoms with Crippen molar-refractivity contribution in [2.24, 2.45) is 0 Å². The van der Waals surface area contributed by atoms with Crippen LogP contribution in [0.5, 0.6) is 0 Å². The van der Waals surface area contributed by atoms with Crippen LogP contribution in [-0.4, -0.2) is 15.7 Å².